The van der Waals surface area contributed by atoms with E-state index in [0.717, 1.165) is 17.3 Å². The van der Waals surface area contributed by atoms with Gasteiger partial charge in [0.05, 0.1) is 42.4 Å². The minimum Gasteiger partial charge on any atom is -0.465 e. The molecule has 0 unspecified atom stereocenters. The van der Waals surface area contributed by atoms with Crippen LogP contribution < -0.4 is 5.32 Å². The van der Waals surface area contributed by atoms with Gasteiger partial charge >= 0.3 is 5.97 Å². The second-order valence-electron chi connectivity index (χ2n) is 6.14. The Balaban J connectivity index is 1.84. The van der Waals surface area contributed by atoms with Crippen LogP contribution in [0.3, 0.4) is 0 Å². The number of hydrogen-bond acceptors (Lipinski definition) is 4. The number of rotatable bonds is 6. The Labute approximate surface area is 161 Å². The lowest BCUT2D eigenvalue weighted by Crippen LogP contribution is -2.16. The van der Waals surface area contributed by atoms with Crippen LogP contribution in [0, 0.1) is 5.82 Å². The maximum atomic E-state index is 14.1. The van der Waals surface area contributed by atoms with E-state index in [9.17, 15) is 14.0 Å². The number of methoxy groups -OCH3 is 1. The summed E-state index contributed by atoms with van der Waals surface area (Å²) in [5.41, 5.74) is 2.22. The van der Waals surface area contributed by atoms with Gasteiger partial charge in [0.15, 0.2) is 0 Å². The zero-order valence-corrected chi connectivity index (χ0v) is 15.6. The first-order valence-corrected chi connectivity index (χ1v) is 8.81. The molecular formula is C21H20FN3O3. The van der Waals surface area contributed by atoms with Crippen LogP contribution in [0.25, 0.3) is 0 Å². The second kappa shape index (κ2) is 8.47. The first-order chi connectivity index (χ1) is 13.5. The summed E-state index contributed by atoms with van der Waals surface area (Å²) >= 11 is 0. The van der Waals surface area contributed by atoms with Crippen LogP contribution in [-0.2, 0) is 17.7 Å². The molecule has 1 heterocycles. The molecule has 0 saturated heterocycles. The summed E-state index contributed by atoms with van der Waals surface area (Å²) < 4.78 is 20.5. The van der Waals surface area contributed by atoms with E-state index in [2.05, 4.69) is 15.2 Å². The number of nitrogens with one attached hydrogen (secondary N) is 1. The quantitative estimate of drug-likeness (QED) is 0.661. The minimum atomic E-state index is -0.643. The molecule has 1 amide bonds. The minimum absolute atomic E-state index is 0.0919. The molecule has 3 aromatic rings. The van der Waals surface area contributed by atoms with Crippen LogP contribution in [-0.4, -0.2) is 28.8 Å². The van der Waals surface area contributed by atoms with E-state index >= 15 is 0 Å². The number of anilines is 1. The molecule has 0 aliphatic heterocycles. The summed E-state index contributed by atoms with van der Waals surface area (Å²) in [6.07, 6.45) is 2.05. The van der Waals surface area contributed by atoms with Gasteiger partial charge in [-0.1, -0.05) is 37.3 Å². The lowest BCUT2D eigenvalue weighted by Gasteiger charge is -2.10. The van der Waals surface area contributed by atoms with E-state index in [0.29, 0.717) is 18.5 Å². The molecule has 7 heteroatoms. The molecule has 0 atom stereocenters. The maximum absolute atomic E-state index is 14.1. The van der Waals surface area contributed by atoms with E-state index in [1.807, 2.05) is 37.3 Å². The van der Waals surface area contributed by atoms with Crippen molar-refractivity contribution in [3.63, 3.8) is 0 Å². The van der Waals surface area contributed by atoms with Gasteiger partial charge in [-0.15, -0.1) is 0 Å². The zero-order chi connectivity index (χ0) is 20.1. The third-order valence-corrected chi connectivity index (χ3v) is 4.34. The Morgan fingerprint density at radius 2 is 1.93 bits per heavy atom. The summed E-state index contributed by atoms with van der Waals surface area (Å²) in [7, 11) is 1.23. The molecule has 0 fully saturated rings. The Morgan fingerprint density at radius 1 is 1.18 bits per heavy atom. The number of carbonyl (C=O) groups is 2. The van der Waals surface area contributed by atoms with Gasteiger partial charge in [-0.3, -0.25) is 9.48 Å². The number of hydrogen-bond donors (Lipinski definition) is 1. The van der Waals surface area contributed by atoms with Crippen LogP contribution in [0.1, 0.15) is 38.9 Å². The monoisotopic (exact) mass is 381 g/mol. The van der Waals surface area contributed by atoms with E-state index in [4.69, 9.17) is 0 Å². The summed E-state index contributed by atoms with van der Waals surface area (Å²) in [5, 5.41) is 6.84. The molecule has 0 spiro atoms. The predicted octanol–water partition coefficient (Wildman–Crippen LogP) is 3.67. The fraction of sp³-hybridized carbons (Fsp3) is 0.190. The first-order valence-electron chi connectivity index (χ1n) is 8.81. The fourth-order valence-corrected chi connectivity index (χ4v) is 2.92. The molecular weight excluding hydrogens is 361 g/mol. The van der Waals surface area contributed by atoms with Crippen molar-refractivity contribution < 1.29 is 18.7 Å². The summed E-state index contributed by atoms with van der Waals surface area (Å²) in [4.78, 5) is 24.4. The number of aromatic nitrogens is 2. The zero-order valence-electron chi connectivity index (χ0n) is 15.6. The van der Waals surface area contributed by atoms with Gasteiger partial charge in [-0.05, 0) is 30.2 Å². The van der Waals surface area contributed by atoms with Gasteiger partial charge in [0.2, 0.25) is 0 Å². The third kappa shape index (κ3) is 4.09. The molecule has 28 heavy (non-hydrogen) atoms. The molecule has 0 bridgehead atoms. The molecule has 0 radical (unpaired) electrons. The van der Waals surface area contributed by atoms with Crippen LogP contribution >= 0.6 is 0 Å². The van der Waals surface area contributed by atoms with Gasteiger partial charge in [0.1, 0.15) is 5.82 Å². The van der Waals surface area contributed by atoms with Crippen LogP contribution in [0.5, 0.6) is 0 Å². The van der Waals surface area contributed by atoms with Gasteiger partial charge in [-0.2, -0.15) is 5.10 Å². The van der Waals surface area contributed by atoms with Crippen molar-refractivity contribution >= 4 is 17.6 Å². The Bertz CT molecular complexity index is 999. The normalized spacial score (nSPS) is 10.5. The topological polar surface area (TPSA) is 73.2 Å². The predicted molar refractivity (Wildman–Crippen MR) is 103 cm³/mol. The van der Waals surface area contributed by atoms with Crippen LogP contribution in [0.2, 0.25) is 0 Å². The van der Waals surface area contributed by atoms with Crippen molar-refractivity contribution in [2.24, 2.45) is 0 Å². The number of halogens is 1. The van der Waals surface area contributed by atoms with E-state index in [1.54, 1.807) is 4.68 Å². The third-order valence-electron chi connectivity index (χ3n) is 4.34. The van der Waals surface area contributed by atoms with Crippen LogP contribution in [0.15, 0.2) is 54.7 Å². The molecule has 0 aliphatic rings. The smallest absolute Gasteiger partial charge is 0.337 e. The van der Waals surface area contributed by atoms with E-state index in [-0.39, 0.29) is 11.3 Å². The van der Waals surface area contributed by atoms with Crippen molar-refractivity contribution in [2.45, 2.75) is 19.9 Å². The molecule has 0 aliphatic carbocycles. The highest BCUT2D eigenvalue weighted by Gasteiger charge is 2.19. The number of esters is 1. The lowest BCUT2D eigenvalue weighted by molar-refractivity contribution is 0.0600. The summed E-state index contributed by atoms with van der Waals surface area (Å²) in [6.45, 7) is 2.46. The number of benzene rings is 2. The van der Waals surface area contributed by atoms with Gasteiger partial charge in [0.25, 0.3) is 5.91 Å². The van der Waals surface area contributed by atoms with Crippen molar-refractivity contribution in [2.75, 3.05) is 12.4 Å². The highest BCUT2D eigenvalue weighted by Crippen LogP contribution is 2.20. The van der Waals surface area contributed by atoms with Crippen molar-refractivity contribution in [3.05, 3.63) is 82.9 Å². The molecule has 2 aromatic carbocycles. The molecule has 1 N–H and O–H groups in total. The standard InChI is InChI=1S/C21H20FN3O3/c1-3-19-16(12-23-25(19)13-14-7-5-4-6-8-14)20(26)24-18-11-15(21(27)28-2)9-10-17(18)22/h4-12H,3,13H2,1-2H3,(H,24,26). The number of ether oxygens (including phenoxy) is 1. The lowest BCUT2D eigenvalue weighted by atomic mass is 10.1. The molecule has 1 aromatic heterocycles. The SMILES string of the molecule is CCc1c(C(=O)Nc2cc(C(=O)OC)ccc2F)cnn1Cc1ccccc1. The van der Waals surface area contributed by atoms with Crippen molar-refractivity contribution in [3.8, 4) is 0 Å². The fourth-order valence-electron chi connectivity index (χ4n) is 2.92. The van der Waals surface area contributed by atoms with Gasteiger partial charge in [0, 0.05) is 0 Å². The highest BCUT2D eigenvalue weighted by atomic mass is 19.1. The second-order valence-corrected chi connectivity index (χ2v) is 6.14. The molecule has 3 rings (SSSR count). The van der Waals surface area contributed by atoms with Crippen molar-refractivity contribution in [1.82, 2.24) is 9.78 Å². The average molecular weight is 381 g/mol. The van der Waals surface area contributed by atoms with E-state index in [1.165, 1.54) is 25.4 Å². The first kappa shape index (κ1) is 19.3. The largest absolute Gasteiger partial charge is 0.465 e. The number of amides is 1. The molecule has 6 nitrogen and oxygen atoms in total. The van der Waals surface area contributed by atoms with E-state index < -0.39 is 17.7 Å². The van der Waals surface area contributed by atoms with Crippen LogP contribution in [0.4, 0.5) is 10.1 Å². The molecule has 144 valence electrons. The summed E-state index contributed by atoms with van der Waals surface area (Å²) in [5.74, 6) is -1.74. The Hall–Kier alpha value is -3.48. The Kier molecular flexibility index (Phi) is 5.84. The summed E-state index contributed by atoms with van der Waals surface area (Å²) in [6, 6.07) is 13.4. The van der Waals surface area contributed by atoms with Gasteiger partial charge in [-0.25, -0.2) is 9.18 Å². The van der Waals surface area contributed by atoms with Gasteiger partial charge < -0.3 is 10.1 Å². The number of carbonyl (C=O) groups excluding carboxylic acids is 2. The molecule has 0 saturated carbocycles. The van der Waals surface area contributed by atoms with Crippen molar-refractivity contribution in [1.29, 1.82) is 0 Å². The Morgan fingerprint density at radius 3 is 2.61 bits per heavy atom. The maximum Gasteiger partial charge on any atom is 0.337 e. The highest BCUT2D eigenvalue weighted by molar-refractivity contribution is 6.05. The number of nitrogens with zero attached hydrogens (tertiary/aromatic N) is 2. The average Bonchev–Trinajstić information content (AvgIpc) is 3.12.